The Morgan fingerprint density at radius 2 is 2.06 bits per heavy atom. The van der Waals surface area contributed by atoms with E-state index < -0.39 is 0 Å². The quantitative estimate of drug-likeness (QED) is 0.847. The predicted molar refractivity (Wildman–Crippen MR) is 81.2 cm³/mol. The summed E-state index contributed by atoms with van der Waals surface area (Å²) < 4.78 is 1.06. The first-order chi connectivity index (χ1) is 8.51. The molecule has 0 fully saturated rings. The molecule has 0 heterocycles. The SMILES string of the molecule is CCNC(C)c1ccc(N(C)C(C)CO)c(Br)c1. The fraction of sp³-hybridized carbons (Fsp3) is 0.571. The maximum atomic E-state index is 9.20. The highest BCUT2D eigenvalue weighted by atomic mass is 79.9. The number of aliphatic hydroxyl groups excluding tert-OH is 1. The number of hydrogen-bond acceptors (Lipinski definition) is 3. The van der Waals surface area contributed by atoms with E-state index in [1.807, 2.05) is 14.0 Å². The molecule has 1 aromatic rings. The van der Waals surface area contributed by atoms with Crippen LogP contribution in [-0.4, -0.2) is 31.3 Å². The molecule has 0 amide bonds. The number of anilines is 1. The van der Waals surface area contributed by atoms with Crippen LogP contribution < -0.4 is 10.2 Å². The summed E-state index contributed by atoms with van der Waals surface area (Å²) in [7, 11) is 1.99. The Morgan fingerprint density at radius 3 is 2.56 bits per heavy atom. The molecule has 2 unspecified atom stereocenters. The number of nitrogens with one attached hydrogen (secondary N) is 1. The van der Waals surface area contributed by atoms with Gasteiger partial charge in [0.1, 0.15) is 0 Å². The third kappa shape index (κ3) is 3.70. The largest absolute Gasteiger partial charge is 0.394 e. The van der Waals surface area contributed by atoms with E-state index in [0.717, 1.165) is 16.7 Å². The van der Waals surface area contributed by atoms with Crippen LogP contribution in [0.15, 0.2) is 22.7 Å². The fourth-order valence-electron chi connectivity index (χ4n) is 1.86. The van der Waals surface area contributed by atoms with Gasteiger partial charge in [0.25, 0.3) is 0 Å². The van der Waals surface area contributed by atoms with Crippen LogP contribution in [0.2, 0.25) is 0 Å². The van der Waals surface area contributed by atoms with Gasteiger partial charge in [0, 0.05) is 23.6 Å². The highest BCUT2D eigenvalue weighted by molar-refractivity contribution is 9.10. The number of rotatable bonds is 6. The van der Waals surface area contributed by atoms with Crippen molar-refractivity contribution < 1.29 is 5.11 Å². The van der Waals surface area contributed by atoms with E-state index in [2.05, 4.69) is 58.2 Å². The van der Waals surface area contributed by atoms with Crippen LogP contribution in [0, 0.1) is 0 Å². The fourth-order valence-corrected chi connectivity index (χ4v) is 2.54. The number of nitrogens with zero attached hydrogens (tertiary/aromatic N) is 1. The zero-order chi connectivity index (χ0) is 13.7. The molecule has 0 aliphatic carbocycles. The molecule has 2 N–H and O–H groups in total. The Balaban J connectivity index is 2.92. The molecule has 0 spiro atoms. The normalized spacial score (nSPS) is 14.3. The lowest BCUT2D eigenvalue weighted by Gasteiger charge is -2.27. The van der Waals surface area contributed by atoms with Gasteiger partial charge >= 0.3 is 0 Å². The summed E-state index contributed by atoms with van der Waals surface area (Å²) in [6, 6.07) is 6.83. The third-order valence-electron chi connectivity index (χ3n) is 3.29. The van der Waals surface area contributed by atoms with Crippen molar-refractivity contribution >= 4 is 21.6 Å². The Bertz CT molecular complexity index is 384. The molecule has 0 radical (unpaired) electrons. The molecule has 102 valence electrons. The summed E-state index contributed by atoms with van der Waals surface area (Å²) in [5.74, 6) is 0. The monoisotopic (exact) mass is 314 g/mol. The number of halogens is 1. The lowest BCUT2D eigenvalue weighted by atomic mass is 10.1. The highest BCUT2D eigenvalue weighted by Gasteiger charge is 2.13. The van der Waals surface area contributed by atoms with Crippen LogP contribution in [0.5, 0.6) is 0 Å². The number of hydrogen-bond donors (Lipinski definition) is 2. The lowest BCUT2D eigenvalue weighted by Crippen LogP contribution is -2.32. The summed E-state index contributed by atoms with van der Waals surface area (Å²) in [6.45, 7) is 7.38. The first-order valence-electron chi connectivity index (χ1n) is 6.37. The number of aliphatic hydroxyl groups is 1. The van der Waals surface area contributed by atoms with E-state index >= 15 is 0 Å². The van der Waals surface area contributed by atoms with Crippen molar-refractivity contribution in [3.05, 3.63) is 28.2 Å². The van der Waals surface area contributed by atoms with Crippen molar-refractivity contribution in [2.24, 2.45) is 0 Å². The van der Waals surface area contributed by atoms with Crippen LogP contribution in [-0.2, 0) is 0 Å². The molecule has 1 rings (SSSR count). The molecule has 3 nitrogen and oxygen atoms in total. The summed E-state index contributed by atoms with van der Waals surface area (Å²) in [5, 5.41) is 12.6. The Labute approximate surface area is 118 Å². The van der Waals surface area contributed by atoms with Gasteiger partial charge in [-0.3, -0.25) is 0 Å². The molecule has 0 saturated carbocycles. The second-order valence-corrected chi connectivity index (χ2v) is 5.49. The summed E-state index contributed by atoms with van der Waals surface area (Å²) in [5.41, 5.74) is 2.36. The molecule has 4 heteroatoms. The zero-order valence-corrected chi connectivity index (χ0v) is 13.2. The average molecular weight is 315 g/mol. The molecule has 0 aliphatic heterocycles. The standard InChI is InChI=1S/C14H23BrN2O/c1-5-16-11(3)12-6-7-14(13(15)8-12)17(4)10(2)9-18/h6-8,10-11,16,18H,5,9H2,1-4H3. The van der Waals surface area contributed by atoms with Gasteiger partial charge in [0.2, 0.25) is 0 Å². The minimum absolute atomic E-state index is 0.110. The molecular formula is C14H23BrN2O. The molecule has 1 aromatic carbocycles. The van der Waals surface area contributed by atoms with E-state index in [4.69, 9.17) is 0 Å². The van der Waals surface area contributed by atoms with Crippen molar-refractivity contribution in [1.82, 2.24) is 5.32 Å². The van der Waals surface area contributed by atoms with Crippen LogP contribution >= 0.6 is 15.9 Å². The second-order valence-electron chi connectivity index (χ2n) is 4.63. The molecule has 0 bridgehead atoms. The van der Waals surface area contributed by atoms with E-state index in [9.17, 15) is 5.11 Å². The maximum absolute atomic E-state index is 9.20. The van der Waals surface area contributed by atoms with E-state index in [1.54, 1.807) is 0 Å². The van der Waals surface area contributed by atoms with Crippen LogP contribution in [0.1, 0.15) is 32.4 Å². The highest BCUT2D eigenvalue weighted by Crippen LogP contribution is 2.29. The topological polar surface area (TPSA) is 35.5 Å². The van der Waals surface area contributed by atoms with Crippen molar-refractivity contribution in [3.63, 3.8) is 0 Å². The second kappa shape index (κ2) is 7.12. The summed E-state index contributed by atoms with van der Waals surface area (Å²) in [6.07, 6.45) is 0. The van der Waals surface area contributed by atoms with Gasteiger partial charge in [-0.25, -0.2) is 0 Å². The van der Waals surface area contributed by atoms with Crippen LogP contribution in [0.3, 0.4) is 0 Å². The Morgan fingerprint density at radius 1 is 1.39 bits per heavy atom. The first-order valence-corrected chi connectivity index (χ1v) is 7.17. The van der Waals surface area contributed by atoms with E-state index in [1.165, 1.54) is 5.56 Å². The van der Waals surface area contributed by atoms with Gasteiger partial charge in [-0.2, -0.15) is 0 Å². The van der Waals surface area contributed by atoms with Gasteiger partial charge in [-0.1, -0.05) is 13.0 Å². The lowest BCUT2D eigenvalue weighted by molar-refractivity contribution is 0.270. The number of benzene rings is 1. The van der Waals surface area contributed by atoms with Crippen LogP contribution in [0.4, 0.5) is 5.69 Å². The van der Waals surface area contributed by atoms with Gasteiger partial charge in [-0.15, -0.1) is 0 Å². The molecule has 0 aliphatic rings. The van der Waals surface area contributed by atoms with Crippen molar-refractivity contribution in [2.45, 2.75) is 32.9 Å². The van der Waals surface area contributed by atoms with Crippen molar-refractivity contribution in [2.75, 3.05) is 25.1 Å². The average Bonchev–Trinajstić information content (AvgIpc) is 2.37. The molecule has 0 saturated heterocycles. The van der Waals surface area contributed by atoms with Crippen molar-refractivity contribution in [3.8, 4) is 0 Å². The van der Waals surface area contributed by atoms with Crippen LogP contribution in [0.25, 0.3) is 0 Å². The van der Waals surface area contributed by atoms with Gasteiger partial charge in [0.15, 0.2) is 0 Å². The van der Waals surface area contributed by atoms with Crippen molar-refractivity contribution in [1.29, 1.82) is 0 Å². The van der Waals surface area contributed by atoms with E-state index in [-0.39, 0.29) is 12.6 Å². The Kier molecular flexibility index (Phi) is 6.12. The molecule has 0 aromatic heterocycles. The maximum Gasteiger partial charge on any atom is 0.0632 e. The minimum Gasteiger partial charge on any atom is -0.394 e. The number of likely N-dealkylation sites (N-methyl/N-ethyl adjacent to an activating group) is 1. The minimum atomic E-state index is 0.110. The molecule has 18 heavy (non-hydrogen) atoms. The predicted octanol–water partition coefficient (Wildman–Crippen LogP) is 2.94. The van der Waals surface area contributed by atoms with E-state index in [0.29, 0.717) is 6.04 Å². The van der Waals surface area contributed by atoms with Gasteiger partial charge < -0.3 is 15.3 Å². The van der Waals surface area contributed by atoms with Gasteiger partial charge in [-0.05, 0) is 54.0 Å². The smallest absolute Gasteiger partial charge is 0.0632 e. The first kappa shape index (κ1) is 15.5. The third-order valence-corrected chi connectivity index (χ3v) is 3.92. The Hall–Kier alpha value is -0.580. The molecular weight excluding hydrogens is 292 g/mol. The summed E-state index contributed by atoms with van der Waals surface area (Å²) >= 11 is 3.61. The molecule has 2 atom stereocenters. The summed E-state index contributed by atoms with van der Waals surface area (Å²) in [4.78, 5) is 2.08. The van der Waals surface area contributed by atoms with Gasteiger partial charge in [0.05, 0.1) is 12.3 Å². The zero-order valence-electron chi connectivity index (χ0n) is 11.6.